The van der Waals surface area contributed by atoms with Crippen LogP contribution in [0.4, 0.5) is 21.9 Å². The van der Waals surface area contributed by atoms with Crippen LogP contribution in [0.3, 0.4) is 0 Å². The lowest BCUT2D eigenvalue weighted by atomic mass is 10.0. The van der Waals surface area contributed by atoms with Gasteiger partial charge in [0.25, 0.3) is 0 Å². The number of amides is 4. The monoisotopic (exact) mass is 686 g/mol. The highest BCUT2D eigenvalue weighted by molar-refractivity contribution is 6.00. The van der Waals surface area contributed by atoms with Crippen LogP contribution >= 0.6 is 0 Å². The molecule has 268 valence electrons. The number of anilines is 3. The van der Waals surface area contributed by atoms with E-state index >= 15 is 0 Å². The number of hydrogen-bond donors (Lipinski definition) is 4. The number of piperidine rings is 1. The van der Waals surface area contributed by atoms with E-state index in [4.69, 9.17) is 14.2 Å². The molecule has 1 fully saturated rings. The summed E-state index contributed by atoms with van der Waals surface area (Å²) in [7, 11) is 4.79. The van der Waals surface area contributed by atoms with Crippen LogP contribution < -0.4 is 40.4 Å². The van der Waals surface area contributed by atoms with Crippen molar-refractivity contribution in [2.45, 2.75) is 59.4 Å². The van der Waals surface area contributed by atoms with Gasteiger partial charge in [-0.2, -0.15) is 0 Å². The number of pyridine rings is 1. The molecule has 2 heterocycles. The molecule has 1 aromatic heterocycles. The molecule has 0 saturated carbocycles. The molecular weight excluding hydrogens is 636 g/mol. The summed E-state index contributed by atoms with van der Waals surface area (Å²) >= 11 is 0. The van der Waals surface area contributed by atoms with Gasteiger partial charge in [-0.1, -0.05) is 33.8 Å². The molecule has 1 aliphatic heterocycles. The number of ether oxygens (including phenoxy) is 3. The first-order valence-corrected chi connectivity index (χ1v) is 17.0. The molecule has 0 aliphatic carbocycles. The highest BCUT2D eigenvalue weighted by Gasteiger charge is 2.21. The fourth-order valence-electron chi connectivity index (χ4n) is 5.19. The van der Waals surface area contributed by atoms with Crippen molar-refractivity contribution in [3.63, 3.8) is 0 Å². The lowest BCUT2D eigenvalue weighted by Crippen LogP contribution is -2.47. The van der Waals surface area contributed by atoms with Gasteiger partial charge in [-0.15, -0.1) is 0 Å². The normalized spacial score (nSPS) is 13.3. The Hall–Kier alpha value is -5.52. The zero-order chi connectivity index (χ0) is 36.5. The number of nitrogens with zero attached hydrogens (tertiary/aromatic N) is 2. The first-order chi connectivity index (χ1) is 24.3. The second-order valence-corrected chi connectivity index (χ2v) is 11.0. The van der Waals surface area contributed by atoms with Gasteiger partial charge in [0, 0.05) is 79.8 Å². The Balaban J connectivity index is 0.000000765. The predicted molar refractivity (Wildman–Crippen MR) is 200 cm³/mol. The molecule has 1 unspecified atom stereocenters. The van der Waals surface area contributed by atoms with Crippen molar-refractivity contribution >= 4 is 45.8 Å². The van der Waals surface area contributed by atoms with Gasteiger partial charge < -0.3 is 40.4 Å². The van der Waals surface area contributed by atoms with Crippen molar-refractivity contribution in [3.8, 4) is 23.0 Å². The molecule has 0 radical (unpaired) electrons. The zero-order valence-electron chi connectivity index (χ0n) is 30.1. The number of aromatic nitrogens is 1. The molecule has 0 bridgehead atoms. The number of rotatable bonds is 10. The van der Waals surface area contributed by atoms with Gasteiger partial charge in [0.15, 0.2) is 11.5 Å². The minimum absolute atomic E-state index is 0.0806. The lowest BCUT2D eigenvalue weighted by Gasteiger charge is -2.34. The quantitative estimate of drug-likeness (QED) is 0.136. The van der Waals surface area contributed by atoms with E-state index < -0.39 is 0 Å². The van der Waals surface area contributed by atoms with Crippen LogP contribution in [0.2, 0.25) is 0 Å². The Labute approximate surface area is 294 Å². The number of hydrogen-bond acceptors (Lipinski definition) is 8. The lowest BCUT2D eigenvalue weighted by molar-refractivity contribution is -0.121. The first kappa shape index (κ1) is 38.9. The zero-order valence-corrected chi connectivity index (χ0v) is 30.1. The summed E-state index contributed by atoms with van der Waals surface area (Å²) in [6.45, 7) is 9.39. The van der Waals surface area contributed by atoms with Crippen molar-refractivity contribution in [1.29, 1.82) is 0 Å². The van der Waals surface area contributed by atoms with Crippen LogP contribution in [-0.2, 0) is 9.59 Å². The Morgan fingerprint density at radius 3 is 2.16 bits per heavy atom. The van der Waals surface area contributed by atoms with Crippen molar-refractivity contribution in [2.75, 3.05) is 49.9 Å². The van der Waals surface area contributed by atoms with E-state index in [0.717, 1.165) is 37.0 Å². The second kappa shape index (κ2) is 20.1. The van der Waals surface area contributed by atoms with Crippen LogP contribution in [0.25, 0.3) is 10.9 Å². The fraction of sp³-hybridized carbons (Fsp3) is 0.368. The largest absolute Gasteiger partial charge is 0.493 e. The topological polar surface area (TPSA) is 143 Å². The van der Waals surface area contributed by atoms with Crippen molar-refractivity contribution in [3.05, 3.63) is 72.9 Å². The van der Waals surface area contributed by atoms with Gasteiger partial charge in [0.1, 0.15) is 11.5 Å². The fourth-order valence-corrected chi connectivity index (χ4v) is 5.19. The van der Waals surface area contributed by atoms with Gasteiger partial charge in [-0.05, 0) is 61.4 Å². The number of benzene rings is 3. The first-order valence-electron chi connectivity index (χ1n) is 17.0. The van der Waals surface area contributed by atoms with Crippen LogP contribution in [0.5, 0.6) is 23.0 Å². The molecule has 1 aliphatic rings. The third-order valence-corrected chi connectivity index (χ3v) is 7.72. The van der Waals surface area contributed by atoms with Crippen LogP contribution in [0.1, 0.15) is 53.4 Å². The predicted octanol–water partition coefficient (Wildman–Crippen LogP) is 7.35. The molecule has 50 heavy (non-hydrogen) atoms. The summed E-state index contributed by atoms with van der Waals surface area (Å²) < 4.78 is 17.0. The van der Waals surface area contributed by atoms with E-state index in [1.165, 1.54) is 0 Å². The number of fused-ring (bicyclic) bond motifs is 1. The van der Waals surface area contributed by atoms with Gasteiger partial charge in [-0.3, -0.25) is 14.6 Å². The van der Waals surface area contributed by atoms with Gasteiger partial charge in [-0.25, -0.2) is 4.79 Å². The summed E-state index contributed by atoms with van der Waals surface area (Å²) in [6.07, 6.45) is 4.73. The van der Waals surface area contributed by atoms with Crippen molar-refractivity contribution < 1.29 is 28.6 Å². The van der Waals surface area contributed by atoms with Crippen LogP contribution in [0.15, 0.2) is 72.9 Å². The second-order valence-electron chi connectivity index (χ2n) is 11.0. The van der Waals surface area contributed by atoms with E-state index in [9.17, 15) is 14.4 Å². The number of nitrogens with one attached hydrogen (secondary N) is 4. The highest BCUT2D eigenvalue weighted by Crippen LogP contribution is 2.37. The molecule has 4 amide bonds. The molecule has 4 aromatic rings. The third kappa shape index (κ3) is 11.3. The van der Waals surface area contributed by atoms with Gasteiger partial charge in [0.2, 0.25) is 11.8 Å². The number of urea groups is 1. The van der Waals surface area contributed by atoms with Crippen LogP contribution in [0, 0.1) is 0 Å². The minimum atomic E-state index is -0.369. The van der Waals surface area contributed by atoms with Crippen LogP contribution in [-0.4, -0.2) is 63.2 Å². The van der Waals surface area contributed by atoms with E-state index in [1.807, 2.05) is 70.2 Å². The van der Waals surface area contributed by atoms with E-state index in [0.29, 0.717) is 52.7 Å². The standard InChI is InChI=1S/C32H35N5O5.C4H9NO.C2H6/c1-4-31(38)34-23-8-6-16-37(20-23)24-12-10-21(11-13-24)35-32(39)36-22-7-5-9-25(17-22)42-28-14-15-33-27-19-30(41-3)29(40-2)18-26(27)28;1-3-4(6)5-2;1-2/h5,7,9-15,17-19,23H,4,6,8,16,20H2,1-3H3,(H,34,38)(H2,35,36,39);3H2,1-2H3,(H,5,6);1-2H3. The smallest absolute Gasteiger partial charge is 0.323 e. The summed E-state index contributed by atoms with van der Waals surface area (Å²) in [5.41, 5.74) is 3.01. The van der Waals surface area contributed by atoms with Gasteiger partial charge in [0.05, 0.1) is 19.7 Å². The van der Waals surface area contributed by atoms with E-state index in [2.05, 4.69) is 31.2 Å². The maximum Gasteiger partial charge on any atom is 0.323 e. The van der Waals surface area contributed by atoms with Crippen molar-refractivity contribution in [1.82, 2.24) is 15.6 Å². The Morgan fingerprint density at radius 2 is 1.52 bits per heavy atom. The SMILES string of the molecule is CC.CCC(=O)NC.CCC(=O)NC1CCCN(c2ccc(NC(=O)Nc3cccc(Oc4ccnc5cc(OC)c(OC)cc45)c3)cc2)C1. The number of carbonyl (C=O) groups excluding carboxylic acids is 3. The number of carbonyl (C=O) groups is 3. The summed E-state index contributed by atoms with van der Waals surface area (Å²) in [4.78, 5) is 41.3. The summed E-state index contributed by atoms with van der Waals surface area (Å²) in [5, 5.41) is 12.1. The molecular formula is C38H50N6O6. The maximum atomic E-state index is 12.8. The molecule has 4 N–H and O–H groups in total. The van der Waals surface area contributed by atoms with Gasteiger partial charge >= 0.3 is 6.03 Å². The summed E-state index contributed by atoms with van der Waals surface area (Å²) in [6, 6.07) is 20.1. The Kier molecular flexibility index (Phi) is 15.6. The van der Waals surface area contributed by atoms with E-state index in [1.54, 1.807) is 51.7 Å². The third-order valence-electron chi connectivity index (χ3n) is 7.72. The molecule has 12 nitrogen and oxygen atoms in total. The Morgan fingerprint density at radius 1 is 0.840 bits per heavy atom. The minimum Gasteiger partial charge on any atom is -0.493 e. The molecule has 12 heteroatoms. The molecule has 3 aromatic carbocycles. The number of methoxy groups -OCH3 is 2. The average molecular weight is 687 g/mol. The van der Waals surface area contributed by atoms with Crippen molar-refractivity contribution in [2.24, 2.45) is 0 Å². The molecule has 5 rings (SSSR count). The Bertz CT molecular complexity index is 1690. The maximum absolute atomic E-state index is 12.8. The highest BCUT2D eigenvalue weighted by atomic mass is 16.5. The summed E-state index contributed by atoms with van der Waals surface area (Å²) in [5.74, 6) is 2.47. The molecule has 1 atom stereocenters. The molecule has 1 saturated heterocycles. The molecule has 0 spiro atoms. The van der Waals surface area contributed by atoms with E-state index in [-0.39, 0.29) is 23.9 Å². The average Bonchev–Trinajstić information content (AvgIpc) is 3.15.